The first-order chi connectivity index (χ1) is 8.54. The topological polar surface area (TPSA) is 98.5 Å². The molecule has 6 heteroatoms. The van der Waals surface area contributed by atoms with Gasteiger partial charge in [-0.3, -0.25) is 4.79 Å². The average molecular weight is 248 g/mol. The highest BCUT2D eigenvalue weighted by molar-refractivity contribution is 6.05. The number of ketones is 1. The summed E-state index contributed by atoms with van der Waals surface area (Å²) < 4.78 is 4.53. The van der Waals surface area contributed by atoms with Gasteiger partial charge in [-0.2, -0.15) is 0 Å². The molecule has 1 aromatic carbocycles. The van der Waals surface area contributed by atoms with E-state index in [1.54, 1.807) is 0 Å². The lowest BCUT2D eigenvalue weighted by Gasteiger charge is -2.00. The van der Waals surface area contributed by atoms with Crippen LogP contribution < -0.4 is 11.1 Å². The van der Waals surface area contributed by atoms with E-state index in [-0.39, 0.29) is 5.78 Å². The molecule has 18 heavy (non-hydrogen) atoms. The van der Waals surface area contributed by atoms with Crippen LogP contribution in [0, 0.1) is 0 Å². The van der Waals surface area contributed by atoms with Crippen molar-refractivity contribution >= 4 is 17.8 Å². The maximum Gasteiger partial charge on any atom is 0.337 e. The summed E-state index contributed by atoms with van der Waals surface area (Å²) in [5.41, 5.74) is 5.56. The fourth-order valence-electron chi connectivity index (χ4n) is 1.18. The molecule has 0 aliphatic carbocycles. The molecule has 6 nitrogen and oxygen atoms in total. The number of rotatable bonds is 4. The zero-order valence-electron chi connectivity index (χ0n) is 9.67. The average Bonchev–Trinajstić information content (AvgIpc) is 2.37. The number of methoxy groups -OCH3 is 1. The zero-order chi connectivity index (χ0) is 13.5. The zero-order valence-corrected chi connectivity index (χ0v) is 9.67. The van der Waals surface area contributed by atoms with Crippen LogP contribution in [0.2, 0.25) is 0 Å². The van der Waals surface area contributed by atoms with E-state index >= 15 is 0 Å². The van der Waals surface area contributed by atoms with Crippen LogP contribution >= 0.6 is 0 Å². The minimum Gasteiger partial charge on any atom is -0.465 e. The van der Waals surface area contributed by atoms with E-state index in [9.17, 15) is 14.4 Å². The summed E-state index contributed by atoms with van der Waals surface area (Å²) in [6, 6.07) is 5.19. The lowest BCUT2D eigenvalue weighted by molar-refractivity contribution is 0.0600. The van der Waals surface area contributed by atoms with Crippen LogP contribution in [-0.2, 0) is 4.74 Å². The van der Waals surface area contributed by atoms with Crippen LogP contribution in [0.25, 0.3) is 0 Å². The van der Waals surface area contributed by atoms with Crippen molar-refractivity contribution in [3.63, 3.8) is 0 Å². The molecule has 0 saturated heterocycles. The van der Waals surface area contributed by atoms with Gasteiger partial charge < -0.3 is 15.8 Å². The van der Waals surface area contributed by atoms with Gasteiger partial charge in [0.1, 0.15) is 0 Å². The lowest BCUT2D eigenvalue weighted by Crippen LogP contribution is -2.24. The standard InChI is InChI=1S/C12H12N2O4/c1-18-11(16)9-4-2-8(3-5-9)10(15)6-7-14-12(13)17/h2-7H,1H3,(H3,13,14,17)/b7-6-. The molecule has 1 rings (SSSR count). The molecule has 0 fully saturated rings. The number of allylic oxidation sites excluding steroid dienone is 1. The summed E-state index contributed by atoms with van der Waals surface area (Å²) in [4.78, 5) is 33.1. The molecule has 0 spiro atoms. The molecule has 0 saturated carbocycles. The van der Waals surface area contributed by atoms with Crippen LogP contribution in [0.15, 0.2) is 36.5 Å². The predicted molar refractivity (Wildman–Crippen MR) is 64.0 cm³/mol. The molecule has 0 aliphatic heterocycles. The normalized spacial score (nSPS) is 10.1. The summed E-state index contributed by atoms with van der Waals surface area (Å²) in [5.74, 6) is -0.792. The Morgan fingerprint density at radius 1 is 1.17 bits per heavy atom. The lowest BCUT2D eigenvalue weighted by atomic mass is 10.1. The predicted octanol–water partition coefficient (Wildman–Crippen LogP) is 0.838. The van der Waals surface area contributed by atoms with Gasteiger partial charge in [-0.15, -0.1) is 0 Å². The number of urea groups is 1. The summed E-state index contributed by atoms with van der Waals surface area (Å²) in [5, 5.41) is 2.15. The second kappa shape index (κ2) is 6.19. The third kappa shape index (κ3) is 3.75. The number of amides is 2. The van der Waals surface area contributed by atoms with Crippen molar-refractivity contribution in [2.75, 3.05) is 7.11 Å². The Hall–Kier alpha value is -2.63. The number of nitrogens with two attached hydrogens (primary N) is 1. The van der Waals surface area contributed by atoms with Gasteiger partial charge in [-0.1, -0.05) is 12.1 Å². The minimum atomic E-state index is -0.750. The Balaban J connectivity index is 2.73. The molecule has 1 aromatic rings. The Morgan fingerprint density at radius 2 is 1.72 bits per heavy atom. The second-order valence-electron chi connectivity index (χ2n) is 3.28. The SMILES string of the molecule is COC(=O)c1ccc(C(=O)/C=C\NC(N)=O)cc1. The molecule has 0 unspecified atom stereocenters. The summed E-state index contributed by atoms with van der Waals surface area (Å²) in [7, 11) is 1.28. The molecule has 0 bridgehead atoms. The van der Waals surface area contributed by atoms with Crippen molar-refractivity contribution in [3.05, 3.63) is 47.7 Å². The van der Waals surface area contributed by atoms with E-state index in [2.05, 4.69) is 10.1 Å². The maximum atomic E-state index is 11.6. The first kappa shape index (κ1) is 13.4. The van der Waals surface area contributed by atoms with Gasteiger partial charge in [-0.05, 0) is 12.1 Å². The largest absolute Gasteiger partial charge is 0.465 e. The molecule has 0 aliphatic rings. The Labute approximate surface area is 103 Å². The van der Waals surface area contributed by atoms with Crippen molar-refractivity contribution in [1.82, 2.24) is 5.32 Å². The highest BCUT2D eigenvalue weighted by Crippen LogP contribution is 2.06. The van der Waals surface area contributed by atoms with Crippen LogP contribution in [0.5, 0.6) is 0 Å². The molecule has 0 aromatic heterocycles. The third-order valence-corrected chi connectivity index (χ3v) is 2.05. The number of nitrogens with one attached hydrogen (secondary N) is 1. The molecular weight excluding hydrogens is 236 g/mol. The molecule has 94 valence electrons. The van der Waals surface area contributed by atoms with Crippen molar-refractivity contribution in [1.29, 1.82) is 0 Å². The van der Waals surface area contributed by atoms with E-state index in [1.807, 2.05) is 0 Å². The number of carbonyl (C=O) groups is 3. The number of hydrogen-bond acceptors (Lipinski definition) is 4. The quantitative estimate of drug-likeness (QED) is 0.468. The number of carbonyl (C=O) groups excluding carboxylic acids is 3. The summed E-state index contributed by atoms with van der Waals surface area (Å²) in [6.45, 7) is 0. The van der Waals surface area contributed by atoms with Crippen LogP contribution in [0.1, 0.15) is 20.7 Å². The number of esters is 1. The van der Waals surface area contributed by atoms with E-state index in [0.717, 1.165) is 12.3 Å². The molecule has 0 radical (unpaired) electrons. The molecule has 3 N–H and O–H groups in total. The van der Waals surface area contributed by atoms with Gasteiger partial charge in [0.25, 0.3) is 0 Å². The summed E-state index contributed by atoms with van der Waals surface area (Å²) >= 11 is 0. The van der Waals surface area contributed by atoms with Crippen molar-refractivity contribution < 1.29 is 19.1 Å². The van der Waals surface area contributed by atoms with Crippen molar-refractivity contribution in [2.45, 2.75) is 0 Å². The molecular formula is C12H12N2O4. The summed E-state index contributed by atoms with van der Waals surface area (Å²) in [6.07, 6.45) is 2.32. The Morgan fingerprint density at radius 3 is 2.22 bits per heavy atom. The van der Waals surface area contributed by atoms with Gasteiger partial charge in [0.05, 0.1) is 12.7 Å². The van der Waals surface area contributed by atoms with Gasteiger partial charge >= 0.3 is 12.0 Å². The van der Waals surface area contributed by atoms with Crippen LogP contribution in [-0.4, -0.2) is 24.9 Å². The Bertz CT molecular complexity index is 491. The first-order valence-corrected chi connectivity index (χ1v) is 5.00. The third-order valence-electron chi connectivity index (χ3n) is 2.05. The smallest absolute Gasteiger partial charge is 0.337 e. The van der Waals surface area contributed by atoms with Gasteiger partial charge in [-0.25, -0.2) is 9.59 Å². The molecule has 2 amide bonds. The van der Waals surface area contributed by atoms with E-state index in [4.69, 9.17) is 5.73 Å². The molecule has 0 heterocycles. The minimum absolute atomic E-state index is 0.319. The van der Waals surface area contributed by atoms with Gasteiger partial charge in [0.2, 0.25) is 0 Å². The fraction of sp³-hybridized carbons (Fsp3) is 0.0833. The van der Waals surface area contributed by atoms with Crippen LogP contribution in [0.4, 0.5) is 4.79 Å². The monoisotopic (exact) mass is 248 g/mol. The molecule has 0 atom stereocenters. The van der Waals surface area contributed by atoms with Crippen molar-refractivity contribution in [3.8, 4) is 0 Å². The number of hydrogen-bond donors (Lipinski definition) is 2. The van der Waals surface area contributed by atoms with E-state index in [1.165, 1.54) is 31.4 Å². The van der Waals surface area contributed by atoms with Crippen LogP contribution in [0.3, 0.4) is 0 Å². The number of benzene rings is 1. The number of ether oxygens (including phenoxy) is 1. The highest BCUT2D eigenvalue weighted by atomic mass is 16.5. The maximum absolute atomic E-state index is 11.6. The van der Waals surface area contributed by atoms with E-state index in [0.29, 0.717) is 11.1 Å². The first-order valence-electron chi connectivity index (χ1n) is 5.00. The number of primary amides is 1. The van der Waals surface area contributed by atoms with Crippen molar-refractivity contribution in [2.24, 2.45) is 5.73 Å². The van der Waals surface area contributed by atoms with Gasteiger partial charge in [0, 0.05) is 17.8 Å². The van der Waals surface area contributed by atoms with Gasteiger partial charge in [0.15, 0.2) is 5.78 Å². The second-order valence-corrected chi connectivity index (χ2v) is 3.28. The highest BCUT2D eigenvalue weighted by Gasteiger charge is 2.06. The van der Waals surface area contributed by atoms with E-state index < -0.39 is 12.0 Å². The fourth-order valence-corrected chi connectivity index (χ4v) is 1.18. The Kier molecular flexibility index (Phi) is 4.62.